The summed E-state index contributed by atoms with van der Waals surface area (Å²) in [7, 11) is 0. The number of nitro groups is 1. The van der Waals surface area contributed by atoms with Crippen molar-refractivity contribution in [3.63, 3.8) is 0 Å². The van der Waals surface area contributed by atoms with Gasteiger partial charge in [-0.25, -0.2) is 0 Å². The molecule has 5 aliphatic rings. The molecule has 0 amide bonds. The van der Waals surface area contributed by atoms with E-state index in [2.05, 4.69) is 26.0 Å². The van der Waals surface area contributed by atoms with E-state index in [4.69, 9.17) is 4.74 Å². The van der Waals surface area contributed by atoms with E-state index in [1.165, 1.54) is 0 Å². The highest BCUT2D eigenvalue weighted by molar-refractivity contribution is 5.94. The van der Waals surface area contributed by atoms with E-state index in [9.17, 15) is 19.7 Å². The summed E-state index contributed by atoms with van der Waals surface area (Å²) in [5, 5.41) is 10.9. The predicted molar refractivity (Wildman–Crippen MR) is 110 cm³/mol. The smallest absolute Gasteiger partial charge is 0.306 e. The molecule has 0 bridgehead atoms. The number of hydrogen-bond acceptors (Lipinski definition) is 5. The Balaban J connectivity index is 1.45. The first-order chi connectivity index (χ1) is 14.2. The van der Waals surface area contributed by atoms with Crippen molar-refractivity contribution >= 4 is 11.8 Å². The Bertz CT molecular complexity index is 877. The van der Waals surface area contributed by atoms with E-state index in [-0.39, 0.29) is 45.6 Å². The maximum atomic E-state index is 12.6. The summed E-state index contributed by atoms with van der Waals surface area (Å²) in [5.74, 6) is 1.07. The minimum absolute atomic E-state index is 0.0117. The van der Waals surface area contributed by atoms with Crippen LogP contribution in [0.3, 0.4) is 0 Å². The number of allylic oxidation sites excluding steroid dienone is 4. The Morgan fingerprint density at radius 3 is 2.63 bits per heavy atom. The number of nitrogens with zero attached hydrogens (tertiary/aromatic N) is 1. The first kappa shape index (κ1) is 20.0. The van der Waals surface area contributed by atoms with Crippen LogP contribution >= 0.6 is 0 Å². The van der Waals surface area contributed by atoms with Crippen molar-refractivity contribution < 1.29 is 19.2 Å². The number of ether oxygens (including phenoxy) is 1. The standard InChI is InChI=1S/C24H31NO5/c1-22-14-15(8-12-25(28)29)20(26)13-16(22)3-4-17-18(22)5-9-23(2)19(17)6-10-24(23)11-7-21(27)30-24/h3-4,13,15,17-19H,5-12,14H2,1-2H3/t15-,17-,18+,19+,22+,23+,24-/m1/s1. The fourth-order valence-corrected chi connectivity index (χ4v) is 7.99. The zero-order valence-electron chi connectivity index (χ0n) is 17.9. The molecule has 162 valence electrons. The summed E-state index contributed by atoms with van der Waals surface area (Å²) in [6, 6.07) is 0. The summed E-state index contributed by atoms with van der Waals surface area (Å²) in [6.07, 6.45) is 12.8. The van der Waals surface area contributed by atoms with Crippen LogP contribution in [0.1, 0.15) is 65.2 Å². The average Bonchev–Trinajstić information content (AvgIpc) is 3.21. The van der Waals surface area contributed by atoms with Crippen molar-refractivity contribution in [2.24, 2.45) is 34.5 Å². The van der Waals surface area contributed by atoms with E-state index in [1.54, 1.807) is 6.08 Å². The van der Waals surface area contributed by atoms with Gasteiger partial charge in [-0.2, -0.15) is 0 Å². The van der Waals surface area contributed by atoms with Crippen LogP contribution in [-0.4, -0.2) is 28.8 Å². The second kappa shape index (κ2) is 6.51. The summed E-state index contributed by atoms with van der Waals surface area (Å²) < 4.78 is 6.00. The van der Waals surface area contributed by atoms with Crippen molar-refractivity contribution in [3.8, 4) is 0 Å². The number of hydrogen-bond donors (Lipinski definition) is 0. The monoisotopic (exact) mass is 413 g/mol. The number of fused-ring (bicyclic) bond motifs is 6. The predicted octanol–water partition coefficient (Wildman–Crippen LogP) is 4.26. The van der Waals surface area contributed by atoms with Gasteiger partial charge < -0.3 is 4.74 Å². The van der Waals surface area contributed by atoms with Gasteiger partial charge in [0.1, 0.15) is 5.60 Å². The van der Waals surface area contributed by atoms with Gasteiger partial charge in [-0.15, -0.1) is 0 Å². The van der Waals surface area contributed by atoms with Gasteiger partial charge in [-0.1, -0.05) is 26.0 Å². The summed E-state index contributed by atoms with van der Waals surface area (Å²) in [4.78, 5) is 35.2. The minimum atomic E-state index is -0.314. The number of esters is 1. The lowest BCUT2D eigenvalue weighted by Gasteiger charge is -2.57. The van der Waals surface area contributed by atoms with E-state index < -0.39 is 0 Å². The lowest BCUT2D eigenvalue weighted by Crippen LogP contribution is -2.54. The van der Waals surface area contributed by atoms with Crippen LogP contribution in [-0.2, 0) is 14.3 Å². The van der Waals surface area contributed by atoms with Crippen molar-refractivity contribution in [2.75, 3.05) is 6.54 Å². The van der Waals surface area contributed by atoms with E-state index in [0.29, 0.717) is 37.0 Å². The van der Waals surface area contributed by atoms with E-state index in [1.807, 2.05) is 0 Å². The molecule has 2 saturated carbocycles. The second-order valence-corrected chi connectivity index (χ2v) is 10.8. The number of ketones is 1. The molecule has 0 radical (unpaired) electrons. The molecule has 6 heteroatoms. The molecule has 7 atom stereocenters. The summed E-state index contributed by atoms with van der Waals surface area (Å²) in [5.41, 5.74) is 0.714. The molecule has 1 saturated heterocycles. The highest BCUT2D eigenvalue weighted by atomic mass is 16.6. The van der Waals surface area contributed by atoms with E-state index >= 15 is 0 Å². The van der Waals surface area contributed by atoms with Crippen molar-refractivity contribution in [1.29, 1.82) is 0 Å². The van der Waals surface area contributed by atoms with Gasteiger partial charge in [0, 0.05) is 29.1 Å². The Kier molecular flexibility index (Phi) is 4.33. The van der Waals surface area contributed by atoms with Gasteiger partial charge in [0.05, 0.1) is 0 Å². The normalized spacial score (nSPS) is 46.8. The molecule has 4 aliphatic carbocycles. The third-order valence-electron chi connectivity index (χ3n) is 9.67. The SMILES string of the molecule is C[C@]12C[C@@H](CC[N+](=O)[O-])C(=O)C=C1C=C[C@@H]1[C@@H]2CC[C@@]2(C)[C@H]1CC[C@@]21CCC(=O)O1. The van der Waals surface area contributed by atoms with Gasteiger partial charge in [0.2, 0.25) is 6.54 Å². The molecule has 0 aromatic heterocycles. The molecule has 1 aliphatic heterocycles. The van der Waals surface area contributed by atoms with Gasteiger partial charge in [-0.3, -0.25) is 19.7 Å². The topological polar surface area (TPSA) is 86.5 Å². The van der Waals surface area contributed by atoms with Crippen LogP contribution in [0.15, 0.2) is 23.8 Å². The van der Waals surface area contributed by atoms with Crippen LogP contribution in [0.4, 0.5) is 0 Å². The van der Waals surface area contributed by atoms with Crippen LogP contribution in [0, 0.1) is 44.6 Å². The first-order valence-corrected chi connectivity index (χ1v) is 11.5. The van der Waals surface area contributed by atoms with Crippen LogP contribution in [0.2, 0.25) is 0 Å². The van der Waals surface area contributed by atoms with Crippen molar-refractivity contribution in [3.05, 3.63) is 33.9 Å². The quantitative estimate of drug-likeness (QED) is 0.392. The summed E-state index contributed by atoms with van der Waals surface area (Å²) >= 11 is 0. The fourth-order valence-electron chi connectivity index (χ4n) is 7.99. The molecule has 1 spiro atoms. The Labute approximate surface area is 177 Å². The molecule has 6 nitrogen and oxygen atoms in total. The molecule has 3 fully saturated rings. The maximum Gasteiger partial charge on any atom is 0.306 e. The maximum absolute atomic E-state index is 12.6. The Morgan fingerprint density at radius 2 is 1.93 bits per heavy atom. The molecule has 0 unspecified atom stereocenters. The van der Waals surface area contributed by atoms with Crippen molar-refractivity contribution in [1.82, 2.24) is 0 Å². The molecule has 5 rings (SSSR count). The van der Waals surface area contributed by atoms with Crippen LogP contribution in [0.25, 0.3) is 0 Å². The Hall–Kier alpha value is -1.98. The second-order valence-electron chi connectivity index (χ2n) is 10.8. The summed E-state index contributed by atoms with van der Waals surface area (Å²) in [6.45, 7) is 4.47. The lowest BCUT2D eigenvalue weighted by atomic mass is 9.47. The Morgan fingerprint density at radius 1 is 1.17 bits per heavy atom. The van der Waals surface area contributed by atoms with Gasteiger partial charge in [0.15, 0.2) is 5.78 Å². The molecule has 0 aromatic rings. The average molecular weight is 414 g/mol. The van der Waals surface area contributed by atoms with E-state index in [0.717, 1.165) is 37.7 Å². The molecule has 0 N–H and O–H groups in total. The van der Waals surface area contributed by atoms with Gasteiger partial charge >= 0.3 is 5.97 Å². The zero-order chi connectivity index (χ0) is 21.3. The van der Waals surface area contributed by atoms with Crippen LogP contribution < -0.4 is 0 Å². The van der Waals surface area contributed by atoms with Gasteiger partial charge in [-0.05, 0) is 73.3 Å². The number of carbonyl (C=O) groups is 2. The third-order valence-corrected chi connectivity index (χ3v) is 9.67. The molecule has 0 aromatic carbocycles. The zero-order valence-corrected chi connectivity index (χ0v) is 17.9. The molecular weight excluding hydrogens is 382 g/mol. The fraction of sp³-hybridized carbons (Fsp3) is 0.750. The molecule has 30 heavy (non-hydrogen) atoms. The minimum Gasteiger partial charge on any atom is -0.458 e. The lowest BCUT2D eigenvalue weighted by molar-refractivity contribution is -0.481. The molecular formula is C24H31NO5. The highest BCUT2D eigenvalue weighted by Gasteiger charge is 2.66. The highest BCUT2D eigenvalue weighted by Crippen LogP contribution is 2.68. The largest absolute Gasteiger partial charge is 0.458 e. The van der Waals surface area contributed by atoms with Gasteiger partial charge in [0.25, 0.3) is 0 Å². The van der Waals surface area contributed by atoms with Crippen molar-refractivity contribution in [2.45, 2.75) is 70.8 Å². The molecule has 1 heterocycles. The number of rotatable bonds is 3. The van der Waals surface area contributed by atoms with Crippen LogP contribution in [0.5, 0.6) is 0 Å². The number of carbonyl (C=O) groups excluding carboxylic acids is 2. The first-order valence-electron chi connectivity index (χ1n) is 11.5. The third kappa shape index (κ3) is 2.61.